The second-order valence-electron chi connectivity index (χ2n) is 5.24. The molecular formula is C17H14F2N4OS. The molecule has 0 atom stereocenters. The van der Waals surface area contributed by atoms with Gasteiger partial charge in [-0.25, -0.2) is 8.78 Å². The van der Waals surface area contributed by atoms with Crippen molar-refractivity contribution in [3.63, 3.8) is 0 Å². The average Bonchev–Trinajstić information content (AvgIpc) is 3.07. The third kappa shape index (κ3) is 4.48. The lowest BCUT2D eigenvalue weighted by molar-refractivity contribution is 0.0982. The minimum atomic E-state index is -0.367. The van der Waals surface area contributed by atoms with Gasteiger partial charge in [0.05, 0.1) is 5.69 Å². The summed E-state index contributed by atoms with van der Waals surface area (Å²) in [5.74, 6) is -0.140. The lowest BCUT2D eigenvalue weighted by Crippen LogP contribution is -2.01. The molecule has 0 fully saturated rings. The fourth-order valence-electron chi connectivity index (χ4n) is 2.22. The molecule has 25 heavy (non-hydrogen) atoms. The number of hydrogen-bond acceptors (Lipinski definition) is 5. The summed E-state index contributed by atoms with van der Waals surface area (Å²) in [6.45, 7) is 0. The maximum absolute atomic E-state index is 13.3. The molecular weight excluding hydrogens is 346 g/mol. The van der Waals surface area contributed by atoms with E-state index in [0.717, 1.165) is 0 Å². The number of carbonyl (C=O) groups is 1. The highest BCUT2D eigenvalue weighted by Crippen LogP contribution is 2.20. The Kier molecular flexibility index (Phi) is 5.49. The molecule has 0 N–H and O–H groups in total. The highest BCUT2D eigenvalue weighted by atomic mass is 32.2. The van der Waals surface area contributed by atoms with Gasteiger partial charge in [-0.05, 0) is 59.3 Å². The summed E-state index contributed by atoms with van der Waals surface area (Å²) in [6.07, 6.45) is 0.969. The molecule has 0 saturated carbocycles. The minimum Gasteiger partial charge on any atom is -0.294 e. The first-order valence-corrected chi connectivity index (χ1v) is 8.58. The van der Waals surface area contributed by atoms with Gasteiger partial charge in [0.25, 0.3) is 0 Å². The van der Waals surface area contributed by atoms with Gasteiger partial charge in [0, 0.05) is 17.7 Å². The number of hydrogen-bond donors (Lipinski definition) is 0. The Morgan fingerprint density at radius 2 is 1.88 bits per heavy atom. The number of rotatable bonds is 7. The fraction of sp³-hybridized carbons (Fsp3) is 0.176. The molecule has 0 bridgehead atoms. The van der Waals surface area contributed by atoms with Crippen LogP contribution in [-0.4, -0.2) is 31.7 Å². The zero-order chi connectivity index (χ0) is 17.6. The second-order valence-corrected chi connectivity index (χ2v) is 6.30. The SMILES string of the molecule is O=C(CCCSc1nnnn1-c1cccc(F)c1)c1ccc(F)cc1. The van der Waals surface area contributed by atoms with E-state index >= 15 is 0 Å². The van der Waals surface area contributed by atoms with Crippen LogP contribution < -0.4 is 0 Å². The number of Topliss-reactive ketones (excluding diaryl/α,β-unsaturated/α-hetero) is 1. The average molecular weight is 360 g/mol. The Hall–Kier alpha value is -2.61. The van der Waals surface area contributed by atoms with E-state index in [4.69, 9.17) is 0 Å². The van der Waals surface area contributed by atoms with Crippen molar-refractivity contribution < 1.29 is 13.6 Å². The maximum atomic E-state index is 13.3. The summed E-state index contributed by atoms with van der Waals surface area (Å²) < 4.78 is 27.6. The van der Waals surface area contributed by atoms with E-state index in [2.05, 4.69) is 15.5 Å². The number of aromatic nitrogens is 4. The molecule has 0 aliphatic rings. The number of tetrazole rings is 1. The van der Waals surface area contributed by atoms with Crippen LogP contribution >= 0.6 is 11.8 Å². The Labute approximate surface area is 147 Å². The van der Waals surface area contributed by atoms with Crippen LogP contribution in [0.25, 0.3) is 5.69 Å². The highest BCUT2D eigenvalue weighted by molar-refractivity contribution is 7.99. The first kappa shape index (κ1) is 17.2. The molecule has 0 spiro atoms. The van der Waals surface area contributed by atoms with Crippen LogP contribution in [0.15, 0.2) is 53.7 Å². The summed E-state index contributed by atoms with van der Waals surface area (Å²) in [7, 11) is 0. The predicted molar refractivity (Wildman–Crippen MR) is 89.8 cm³/mol. The van der Waals surface area contributed by atoms with Gasteiger partial charge in [-0.3, -0.25) is 4.79 Å². The lowest BCUT2D eigenvalue weighted by atomic mass is 10.1. The molecule has 0 unspecified atom stereocenters. The van der Waals surface area contributed by atoms with Crippen molar-refractivity contribution in [3.05, 3.63) is 65.7 Å². The predicted octanol–water partition coefficient (Wildman–Crippen LogP) is 3.70. The highest BCUT2D eigenvalue weighted by Gasteiger charge is 2.11. The van der Waals surface area contributed by atoms with Crippen LogP contribution in [-0.2, 0) is 0 Å². The maximum Gasteiger partial charge on any atom is 0.214 e. The number of thioether (sulfide) groups is 1. The molecule has 0 aliphatic heterocycles. The van der Waals surface area contributed by atoms with Gasteiger partial charge in [0.1, 0.15) is 11.6 Å². The number of nitrogens with zero attached hydrogens (tertiary/aromatic N) is 4. The molecule has 8 heteroatoms. The van der Waals surface area contributed by atoms with E-state index in [9.17, 15) is 13.6 Å². The van der Waals surface area contributed by atoms with E-state index in [1.54, 1.807) is 12.1 Å². The summed E-state index contributed by atoms with van der Waals surface area (Å²) >= 11 is 1.39. The van der Waals surface area contributed by atoms with Gasteiger partial charge in [-0.15, -0.1) is 5.10 Å². The van der Waals surface area contributed by atoms with Crippen LogP contribution in [0.4, 0.5) is 8.78 Å². The van der Waals surface area contributed by atoms with Crippen LogP contribution in [0, 0.1) is 11.6 Å². The first-order chi connectivity index (χ1) is 12.1. The zero-order valence-corrected chi connectivity index (χ0v) is 13.9. The topological polar surface area (TPSA) is 60.7 Å². The van der Waals surface area contributed by atoms with Crippen LogP contribution in [0.2, 0.25) is 0 Å². The number of benzene rings is 2. The molecule has 0 saturated heterocycles. The third-order valence-electron chi connectivity index (χ3n) is 3.44. The quantitative estimate of drug-likeness (QED) is 0.365. The number of carbonyl (C=O) groups excluding carboxylic acids is 1. The van der Waals surface area contributed by atoms with Crippen molar-refractivity contribution in [2.24, 2.45) is 0 Å². The normalized spacial score (nSPS) is 10.8. The van der Waals surface area contributed by atoms with E-state index in [1.165, 1.54) is 52.8 Å². The molecule has 5 nitrogen and oxygen atoms in total. The largest absolute Gasteiger partial charge is 0.294 e. The van der Waals surface area contributed by atoms with Crippen LogP contribution in [0.5, 0.6) is 0 Å². The van der Waals surface area contributed by atoms with Crippen molar-refractivity contribution in [1.29, 1.82) is 0 Å². The summed E-state index contributed by atoms with van der Waals surface area (Å²) in [5, 5.41) is 11.9. The molecule has 0 amide bonds. The Morgan fingerprint density at radius 3 is 2.64 bits per heavy atom. The minimum absolute atomic E-state index is 0.0367. The van der Waals surface area contributed by atoms with Gasteiger partial charge in [-0.2, -0.15) is 4.68 Å². The van der Waals surface area contributed by atoms with Gasteiger partial charge in [0.15, 0.2) is 5.78 Å². The van der Waals surface area contributed by atoms with Gasteiger partial charge >= 0.3 is 0 Å². The number of halogens is 2. The summed E-state index contributed by atoms with van der Waals surface area (Å²) in [4.78, 5) is 12.0. The zero-order valence-electron chi connectivity index (χ0n) is 13.1. The molecule has 1 heterocycles. The molecule has 0 radical (unpaired) electrons. The monoisotopic (exact) mass is 360 g/mol. The summed E-state index contributed by atoms with van der Waals surface area (Å²) in [5.41, 5.74) is 1.03. The Morgan fingerprint density at radius 1 is 1.08 bits per heavy atom. The Balaban J connectivity index is 1.54. The van der Waals surface area contributed by atoms with Crippen molar-refractivity contribution in [2.45, 2.75) is 18.0 Å². The molecule has 0 aliphatic carbocycles. The van der Waals surface area contributed by atoms with Crippen molar-refractivity contribution in [3.8, 4) is 5.69 Å². The lowest BCUT2D eigenvalue weighted by Gasteiger charge is -2.04. The van der Waals surface area contributed by atoms with Crippen molar-refractivity contribution >= 4 is 17.5 Å². The third-order valence-corrected chi connectivity index (χ3v) is 4.44. The van der Waals surface area contributed by atoms with Gasteiger partial charge < -0.3 is 0 Å². The second kappa shape index (κ2) is 7.98. The van der Waals surface area contributed by atoms with E-state index in [0.29, 0.717) is 35.0 Å². The first-order valence-electron chi connectivity index (χ1n) is 7.59. The molecule has 3 aromatic rings. The smallest absolute Gasteiger partial charge is 0.214 e. The van der Waals surface area contributed by atoms with Crippen molar-refractivity contribution in [1.82, 2.24) is 20.2 Å². The van der Waals surface area contributed by atoms with Crippen molar-refractivity contribution in [2.75, 3.05) is 5.75 Å². The van der Waals surface area contributed by atoms with E-state index in [-0.39, 0.29) is 17.4 Å². The number of ketones is 1. The Bertz CT molecular complexity index is 867. The molecule has 3 rings (SSSR count). The molecule has 2 aromatic carbocycles. The van der Waals surface area contributed by atoms with Crippen LogP contribution in [0.3, 0.4) is 0 Å². The van der Waals surface area contributed by atoms with Gasteiger partial charge in [-0.1, -0.05) is 17.8 Å². The van der Waals surface area contributed by atoms with E-state index in [1.807, 2.05) is 0 Å². The van der Waals surface area contributed by atoms with E-state index < -0.39 is 0 Å². The van der Waals surface area contributed by atoms with Gasteiger partial charge in [0.2, 0.25) is 5.16 Å². The summed E-state index contributed by atoms with van der Waals surface area (Å²) in [6, 6.07) is 11.5. The molecule has 128 valence electrons. The standard InChI is InChI=1S/C17H14F2N4OS/c18-13-8-6-12(7-9-13)16(24)5-2-10-25-17-20-21-22-23(17)15-4-1-3-14(19)11-15/h1,3-4,6-9,11H,2,5,10H2. The van der Waals surface area contributed by atoms with Crippen LogP contribution in [0.1, 0.15) is 23.2 Å². The molecule has 1 aromatic heterocycles. The fourth-order valence-corrected chi connectivity index (χ4v) is 3.04.